The van der Waals surface area contributed by atoms with E-state index >= 15 is 0 Å². The third-order valence-electron chi connectivity index (χ3n) is 1.81. The van der Waals surface area contributed by atoms with Gasteiger partial charge in [0.15, 0.2) is 0 Å². The van der Waals surface area contributed by atoms with Crippen molar-refractivity contribution in [2.45, 2.75) is 31.2 Å². The van der Waals surface area contributed by atoms with Gasteiger partial charge in [-0.15, -0.1) is 0 Å². The Bertz CT molecular complexity index is 509. The first kappa shape index (κ1) is 15.0. The molecule has 0 saturated heterocycles. The van der Waals surface area contributed by atoms with E-state index in [1.807, 2.05) is 0 Å². The molecule has 1 aromatic rings. The summed E-state index contributed by atoms with van der Waals surface area (Å²) in [4.78, 5) is -0.145. The van der Waals surface area contributed by atoms with Gasteiger partial charge in [0.25, 0.3) is 0 Å². The van der Waals surface area contributed by atoms with Crippen molar-refractivity contribution in [2.75, 3.05) is 0 Å². The zero-order valence-corrected chi connectivity index (χ0v) is 11.2. The molecule has 6 nitrogen and oxygen atoms in total. The Morgan fingerprint density at radius 2 is 1.78 bits per heavy atom. The van der Waals surface area contributed by atoms with Gasteiger partial charge in [-0.25, -0.2) is 13.1 Å². The van der Waals surface area contributed by atoms with E-state index in [1.54, 1.807) is 20.8 Å². The molecule has 0 amide bonds. The third-order valence-corrected chi connectivity index (χ3v) is 3.61. The summed E-state index contributed by atoms with van der Waals surface area (Å²) in [5.41, 5.74) is -0.649. The van der Waals surface area contributed by atoms with Crippen molar-refractivity contribution in [2.24, 2.45) is 0 Å². The van der Waals surface area contributed by atoms with Crippen molar-refractivity contribution in [3.63, 3.8) is 0 Å². The average Bonchev–Trinajstić information content (AvgIpc) is 2.13. The normalized spacial score (nSPS) is 12.3. The van der Waals surface area contributed by atoms with Crippen LogP contribution in [0.15, 0.2) is 29.2 Å². The van der Waals surface area contributed by atoms with Gasteiger partial charge < -0.3 is 14.7 Å². The van der Waals surface area contributed by atoms with E-state index in [0.717, 1.165) is 0 Å². The van der Waals surface area contributed by atoms with Crippen LogP contribution in [0.5, 0.6) is 5.75 Å². The Morgan fingerprint density at radius 1 is 1.22 bits per heavy atom. The fourth-order valence-electron chi connectivity index (χ4n) is 1.34. The van der Waals surface area contributed by atoms with Crippen molar-refractivity contribution in [3.8, 4) is 5.75 Å². The van der Waals surface area contributed by atoms with Crippen LogP contribution in [0, 0.1) is 0 Å². The maximum atomic E-state index is 12.1. The number of para-hydroxylation sites is 1. The Balaban J connectivity index is 3.16. The number of benzene rings is 1. The monoisotopic (exact) mass is 273 g/mol. The number of sulfonamides is 1. The van der Waals surface area contributed by atoms with Crippen molar-refractivity contribution in [3.05, 3.63) is 24.3 Å². The van der Waals surface area contributed by atoms with Gasteiger partial charge in [-0.1, -0.05) is 12.1 Å². The lowest BCUT2D eigenvalue weighted by atomic mass is 10.1. The van der Waals surface area contributed by atoms with Gasteiger partial charge in [-0.2, -0.15) is 0 Å². The van der Waals surface area contributed by atoms with Gasteiger partial charge in [-0.05, 0) is 32.9 Å². The summed E-state index contributed by atoms with van der Waals surface area (Å²) in [6, 6.07) is 5.73. The van der Waals surface area contributed by atoms with E-state index in [1.165, 1.54) is 24.3 Å². The van der Waals surface area contributed by atoms with E-state index < -0.39 is 22.9 Å². The maximum absolute atomic E-state index is 12.1. The standard InChI is InChI=1S/C10H16BNO5S/c1-10(2,3)12-18(15,16)9-7-5-4-6-8(9)17-11(13)14/h4-7,12-14H,1-3H3. The molecule has 0 bridgehead atoms. The van der Waals surface area contributed by atoms with Gasteiger partial charge in [0.05, 0.1) is 0 Å². The molecule has 0 aromatic heterocycles. The van der Waals surface area contributed by atoms with Crippen LogP contribution in [0.25, 0.3) is 0 Å². The molecule has 0 aliphatic heterocycles. The van der Waals surface area contributed by atoms with Gasteiger partial charge in [0, 0.05) is 5.54 Å². The first-order valence-corrected chi connectivity index (χ1v) is 6.76. The van der Waals surface area contributed by atoms with Gasteiger partial charge in [0.1, 0.15) is 10.6 Å². The lowest BCUT2D eigenvalue weighted by Crippen LogP contribution is -2.40. The van der Waals surface area contributed by atoms with Gasteiger partial charge in [-0.3, -0.25) is 0 Å². The fraction of sp³-hybridized carbons (Fsp3) is 0.400. The second-order valence-corrected chi connectivity index (χ2v) is 6.40. The molecular weight excluding hydrogens is 257 g/mol. The van der Waals surface area contributed by atoms with Crippen LogP contribution in [-0.2, 0) is 10.0 Å². The van der Waals surface area contributed by atoms with Crippen molar-refractivity contribution in [1.82, 2.24) is 4.72 Å². The van der Waals surface area contributed by atoms with Crippen molar-refractivity contribution in [1.29, 1.82) is 0 Å². The Morgan fingerprint density at radius 3 is 2.28 bits per heavy atom. The summed E-state index contributed by atoms with van der Waals surface area (Å²) in [6.45, 7) is 5.11. The highest BCUT2D eigenvalue weighted by Crippen LogP contribution is 2.24. The fourth-order valence-corrected chi connectivity index (χ4v) is 2.90. The molecule has 0 aliphatic carbocycles. The number of hydrogen-bond acceptors (Lipinski definition) is 5. The summed E-state index contributed by atoms with van der Waals surface area (Å²) < 4.78 is 31.3. The molecule has 0 fully saturated rings. The molecule has 1 rings (SSSR count). The van der Waals surface area contributed by atoms with Crippen molar-refractivity contribution < 1.29 is 23.1 Å². The number of nitrogens with one attached hydrogen (secondary N) is 1. The Labute approximate surface area is 107 Å². The Hall–Kier alpha value is -1.09. The second kappa shape index (κ2) is 5.27. The predicted molar refractivity (Wildman–Crippen MR) is 67.3 cm³/mol. The van der Waals surface area contributed by atoms with Crippen LogP contribution in [0.3, 0.4) is 0 Å². The summed E-state index contributed by atoms with van der Waals surface area (Å²) in [7, 11) is -5.86. The number of hydrogen-bond donors (Lipinski definition) is 3. The topological polar surface area (TPSA) is 95.9 Å². The largest absolute Gasteiger partial charge is 0.707 e. The molecule has 0 heterocycles. The summed E-state index contributed by atoms with van der Waals surface area (Å²) >= 11 is 0. The predicted octanol–water partition coefficient (Wildman–Crippen LogP) is 0.112. The second-order valence-electron chi connectivity index (χ2n) is 4.75. The molecule has 0 radical (unpaired) electrons. The van der Waals surface area contributed by atoms with E-state index in [0.29, 0.717) is 0 Å². The highest BCUT2D eigenvalue weighted by Gasteiger charge is 2.26. The van der Waals surface area contributed by atoms with Crippen LogP contribution < -0.4 is 9.38 Å². The van der Waals surface area contributed by atoms with Gasteiger partial charge in [0.2, 0.25) is 10.0 Å². The van der Waals surface area contributed by atoms with Crippen LogP contribution in [0.4, 0.5) is 0 Å². The Kier molecular flexibility index (Phi) is 4.39. The SMILES string of the molecule is CC(C)(C)NS(=O)(=O)c1ccccc1OB(O)O. The first-order chi connectivity index (χ1) is 8.12. The van der Waals surface area contributed by atoms with Crippen molar-refractivity contribution >= 4 is 17.3 Å². The molecule has 0 spiro atoms. The zero-order chi connectivity index (χ0) is 14.0. The van der Waals surface area contributed by atoms with Gasteiger partial charge >= 0.3 is 7.32 Å². The minimum atomic E-state index is -3.79. The molecule has 3 N–H and O–H groups in total. The van der Waals surface area contributed by atoms with Crippen LogP contribution in [0.1, 0.15) is 20.8 Å². The molecule has 18 heavy (non-hydrogen) atoms. The number of rotatable bonds is 4. The smallest absolute Gasteiger partial charge is 0.511 e. The lowest BCUT2D eigenvalue weighted by Gasteiger charge is -2.21. The lowest BCUT2D eigenvalue weighted by molar-refractivity contribution is 0.285. The maximum Gasteiger partial charge on any atom is 0.707 e. The molecule has 1 aromatic carbocycles. The average molecular weight is 273 g/mol. The van der Waals surface area contributed by atoms with Crippen LogP contribution in [0.2, 0.25) is 0 Å². The molecular formula is C10H16BNO5S. The summed E-state index contributed by atoms with van der Waals surface area (Å²) in [6.07, 6.45) is 0. The van der Waals surface area contributed by atoms with E-state index in [2.05, 4.69) is 9.38 Å². The quantitative estimate of drug-likeness (QED) is 0.677. The van der Waals surface area contributed by atoms with E-state index in [4.69, 9.17) is 10.0 Å². The summed E-state index contributed by atoms with van der Waals surface area (Å²) in [5.74, 6) is -0.121. The molecule has 8 heteroatoms. The van der Waals surface area contributed by atoms with E-state index in [-0.39, 0.29) is 10.6 Å². The molecule has 0 atom stereocenters. The zero-order valence-electron chi connectivity index (χ0n) is 10.4. The minimum Gasteiger partial charge on any atom is -0.511 e. The minimum absolute atomic E-state index is 0.121. The molecule has 0 saturated carbocycles. The molecule has 100 valence electrons. The molecule has 0 aliphatic rings. The molecule has 0 unspecified atom stereocenters. The first-order valence-electron chi connectivity index (χ1n) is 5.28. The highest BCUT2D eigenvalue weighted by molar-refractivity contribution is 7.89. The van der Waals surface area contributed by atoms with E-state index in [9.17, 15) is 8.42 Å². The third kappa shape index (κ3) is 4.30. The highest BCUT2D eigenvalue weighted by atomic mass is 32.2. The van der Waals surface area contributed by atoms with Crippen LogP contribution in [-0.4, -0.2) is 31.3 Å². The van der Waals surface area contributed by atoms with Crippen LogP contribution >= 0.6 is 0 Å². The summed E-state index contributed by atoms with van der Waals surface area (Å²) in [5, 5.41) is 17.5.